The number of benzene rings is 1. The molecule has 142 valence electrons. The number of nitrogens with zero attached hydrogens (tertiary/aromatic N) is 3. The van der Waals surface area contributed by atoms with Crippen LogP contribution < -0.4 is 5.73 Å². The number of amidine groups is 1. The summed E-state index contributed by atoms with van der Waals surface area (Å²) < 4.78 is 10.6. The number of carbonyl (C=O) groups excluding carboxylic acids is 1. The van der Waals surface area contributed by atoms with Crippen molar-refractivity contribution < 1.29 is 14.3 Å². The monoisotopic (exact) mass is 368 g/mol. The summed E-state index contributed by atoms with van der Waals surface area (Å²) in [6.45, 7) is 5.69. The molecule has 2 aromatic rings. The Hall–Kier alpha value is -2.96. The van der Waals surface area contributed by atoms with Crippen molar-refractivity contribution in [2.45, 2.75) is 39.2 Å². The molecule has 1 unspecified atom stereocenters. The summed E-state index contributed by atoms with van der Waals surface area (Å²) >= 11 is 0. The third-order valence-electron chi connectivity index (χ3n) is 4.21. The van der Waals surface area contributed by atoms with Gasteiger partial charge in [-0.15, -0.1) is 4.99 Å². The quantitative estimate of drug-likeness (QED) is 0.660. The number of hydrogen-bond acceptors (Lipinski definition) is 5. The maximum atomic E-state index is 11.7. The van der Waals surface area contributed by atoms with Crippen molar-refractivity contribution in [1.82, 2.24) is 9.97 Å². The zero-order valence-electron chi connectivity index (χ0n) is 15.8. The standard InChI is InChI=1S/C20H24N4O3/c1-20(2,3)27-19(25)24-18(21)26-11-13-7-14-5-4-6-16(17(14)8-13)15-9-22-12-23-10-15/h4-6,9-10,12-13H,7-8,11H2,1-3H3,(H2,21,24,25). The van der Waals surface area contributed by atoms with Gasteiger partial charge in [0, 0.05) is 23.9 Å². The fourth-order valence-corrected chi connectivity index (χ4v) is 3.18. The van der Waals surface area contributed by atoms with E-state index in [1.54, 1.807) is 20.8 Å². The fraction of sp³-hybridized carbons (Fsp3) is 0.400. The highest BCUT2D eigenvalue weighted by molar-refractivity contribution is 5.85. The molecule has 1 aliphatic carbocycles. The van der Waals surface area contributed by atoms with E-state index in [1.807, 2.05) is 18.5 Å². The normalized spacial score (nSPS) is 16.7. The van der Waals surface area contributed by atoms with Gasteiger partial charge in [-0.25, -0.2) is 14.8 Å². The highest BCUT2D eigenvalue weighted by Gasteiger charge is 2.25. The van der Waals surface area contributed by atoms with Crippen LogP contribution in [0.25, 0.3) is 11.1 Å². The van der Waals surface area contributed by atoms with Crippen molar-refractivity contribution in [3.8, 4) is 11.1 Å². The third-order valence-corrected chi connectivity index (χ3v) is 4.21. The maximum absolute atomic E-state index is 11.7. The van der Waals surface area contributed by atoms with Crippen LogP contribution in [0.15, 0.2) is 41.9 Å². The highest BCUT2D eigenvalue weighted by atomic mass is 16.6. The van der Waals surface area contributed by atoms with E-state index in [9.17, 15) is 4.79 Å². The number of aromatic nitrogens is 2. The Morgan fingerprint density at radius 1 is 1.26 bits per heavy atom. The van der Waals surface area contributed by atoms with Crippen LogP contribution in [0.1, 0.15) is 31.9 Å². The van der Waals surface area contributed by atoms with Crippen molar-refractivity contribution in [2.24, 2.45) is 16.6 Å². The van der Waals surface area contributed by atoms with Crippen molar-refractivity contribution in [2.75, 3.05) is 6.61 Å². The molecule has 0 saturated heterocycles. The summed E-state index contributed by atoms with van der Waals surface area (Å²) in [6.07, 6.45) is 6.16. The van der Waals surface area contributed by atoms with Gasteiger partial charge in [0.15, 0.2) is 0 Å². The predicted octanol–water partition coefficient (Wildman–Crippen LogP) is 3.12. The molecule has 1 aromatic carbocycles. The van der Waals surface area contributed by atoms with E-state index >= 15 is 0 Å². The van der Waals surface area contributed by atoms with Crippen LogP contribution in [-0.4, -0.2) is 34.3 Å². The number of hydrogen-bond donors (Lipinski definition) is 1. The van der Waals surface area contributed by atoms with Crippen molar-refractivity contribution >= 4 is 12.1 Å². The van der Waals surface area contributed by atoms with Gasteiger partial charge in [-0.3, -0.25) is 0 Å². The minimum absolute atomic E-state index is 0.170. The average Bonchev–Trinajstić information content (AvgIpc) is 3.02. The van der Waals surface area contributed by atoms with E-state index in [0.717, 1.165) is 24.0 Å². The second-order valence-corrected chi connectivity index (χ2v) is 7.59. The van der Waals surface area contributed by atoms with Crippen LogP contribution >= 0.6 is 0 Å². The van der Waals surface area contributed by atoms with E-state index < -0.39 is 11.7 Å². The molecule has 27 heavy (non-hydrogen) atoms. The van der Waals surface area contributed by atoms with E-state index in [-0.39, 0.29) is 11.9 Å². The molecule has 2 N–H and O–H groups in total. The first-order valence-corrected chi connectivity index (χ1v) is 8.88. The zero-order chi connectivity index (χ0) is 19.4. The zero-order valence-corrected chi connectivity index (χ0v) is 15.8. The van der Waals surface area contributed by atoms with Crippen LogP contribution in [0.2, 0.25) is 0 Å². The number of ether oxygens (including phenoxy) is 2. The minimum Gasteiger partial charge on any atom is -0.465 e. The molecule has 0 radical (unpaired) electrons. The molecule has 1 amide bonds. The summed E-state index contributed by atoms with van der Waals surface area (Å²) in [5, 5.41) is 0. The lowest BCUT2D eigenvalue weighted by Gasteiger charge is -2.17. The molecule has 0 spiro atoms. The summed E-state index contributed by atoms with van der Waals surface area (Å²) in [7, 11) is 0. The molecular formula is C20H24N4O3. The molecule has 0 aliphatic heterocycles. The predicted molar refractivity (Wildman–Crippen MR) is 102 cm³/mol. The molecule has 7 heteroatoms. The Morgan fingerprint density at radius 2 is 2.00 bits per heavy atom. The summed E-state index contributed by atoms with van der Waals surface area (Å²) in [5.74, 6) is 0.262. The Kier molecular flexibility index (Phi) is 5.39. The molecule has 0 saturated carbocycles. The molecule has 1 aliphatic rings. The summed E-state index contributed by atoms with van der Waals surface area (Å²) in [5.41, 5.74) is 9.80. The topological polar surface area (TPSA) is 99.7 Å². The van der Waals surface area contributed by atoms with Gasteiger partial charge in [0.1, 0.15) is 11.9 Å². The Morgan fingerprint density at radius 3 is 2.70 bits per heavy atom. The fourth-order valence-electron chi connectivity index (χ4n) is 3.18. The second-order valence-electron chi connectivity index (χ2n) is 7.59. The molecular weight excluding hydrogens is 344 g/mol. The second kappa shape index (κ2) is 7.73. The smallest absolute Gasteiger partial charge is 0.438 e. The molecule has 0 bridgehead atoms. The van der Waals surface area contributed by atoms with Crippen LogP contribution in [-0.2, 0) is 22.3 Å². The van der Waals surface area contributed by atoms with Gasteiger partial charge in [0.05, 0.1) is 6.61 Å². The first kappa shape index (κ1) is 18.8. The van der Waals surface area contributed by atoms with Crippen molar-refractivity contribution in [3.63, 3.8) is 0 Å². The molecule has 0 fully saturated rings. The number of rotatable bonds is 3. The summed E-state index contributed by atoms with van der Waals surface area (Å²) in [4.78, 5) is 23.5. The van der Waals surface area contributed by atoms with E-state index in [1.165, 1.54) is 17.5 Å². The first-order valence-electron chi connectivity index (χ1n) is 8.88. The molecule has 3 rings (SSSR count). The lowest BCUT2D eigenvalue weighted by atomic mass is 9.99. The van der Waals surface area contributed by atoms with Crippen molar-refractivity contribution in [1.29, 1.82) is 0 Å². The summed E-state index contributed by atoms with van der Waals surface area (Å²) in [6, 6.07) is 6.08. The van der Waals surface area contributed by atoms with E-state index in [0.29, 0.717) is 6.61 Å². The number of fused-ring (bicyclic) bond motifs is 1. The minimum atomic E-state index is -0.749. The first-order chi connectivity index (χ1) is 12.8. The largest absolute Gasteiger partial charge is 0.465 e. The van der Waals surface area contributed by atoms with Crippen LogP contribution in [0.3, 0.4) is 0 Å². The number of nitrogens with two attached hydrogens (primary N) is 1. The third kappa shape index (κ3) is 5.03. The number of amides is 1. The average molecular weight is 368 g/mol. The van der Waals surface area contributed by atoms with Crippen LogP contribution in [0, 0.1) is 5.92 Å². The Labute approximate surface area is 158 Å². The lowest BCUT2D eigenvalue weighted by molar-refractivity contribution is 0.0598. The van der Waals surface area contributed by atoms with Crippen LogP contribution in [0.5, 0.6) is 0 Å². The SMILES string of the molecule is CC(C)(C)OC(=O)N=C(N)OCC1Cc2cccc(-c3cncnc3)c2C1. The number of carbonyl (C=O) groups is 1. The lowest BCUT2D eigenvalue weighted by Crippen LogP contribution is -2.26. The molecule has 1 atom stereocenters. The van der Waals surface area contributed by atoms with E-state index in [4.69, 9.17) is 15.2 Å². The van der Waals surface area contributed by atoms with Gasteiger partial charge >= 0.3 is 6.09 Å². The van der Waals surface area contributed by atoms with Gasteiger partial charge in [-0.05, 0) is 50.3 Å². The Bertz CT molecular complexity index is 844. The van der Waals surface area contributed by atoms with Gasteiger partial charge in [0.2, 0.25) is 0 Å². The molecule has 1 heterocycles. The van der Waals surface area contributed by atoms with Gasteiger partial charge in [-0.2, -0.15) is 0 Å². The number of aliphatic imine (C=N–C) groups is 1. The van der Waals surface area contributed by atoms with Gasteiger partial charge in [0.25, 0.3) is 6.02 Å². The molecule has 7 nitrogen and oxygen atoms in total. The van der Waals surface area contributed by atoms with Gasteiger partial charge < -0.3 is 15.2 Å². The Balaban J connectivity index is 1.62. The van der Waals surface area contributed by atoms with Gasteiger partial charge in [-0.1, -0.05) is 18.2 Å². The van der Waals surface area contributed by atoms with Crippen molar-refractivity contribution in [3.05, 3.63) is 48.0 Å². The van der Waals surface area contributed by atoms with Crippen LogP contribution in [0.4, 0.5) is 4.79 Å². The highest BCUT2D eigenvalue weighted by Crippen LogP contribution is 2.34. The maximum Gasteiger partial charge on any atom is 0.438 e. The molecule has 1 aromatic heterocycles. The van der Waals surface area contributed by atoms with E-state index in [2.05, 4.69) is 27.1 Å².